The van der Waals surface area contributed by atoms with Gasteiger partial charge in [-0.2, -0.15) is 0 Å². The second-order valence-corrected chi connectivity index (χ2v) is 4.65. The number of aromatic nitrogens is 2. The van der Waals surface area contributed by atoms with Crippen molar-refractivity contribution in [3.8, 4) is 0 Å². The Morgan fingerprint density at radius 3 is 3.00 bits per heavy atom. The van der Waals surface area contributed by atoms with Crippen molar-refractivity contribution in [2.75, 3.05) is 0 Å². The predicted octanol–water partition coefficient (Wildman–Crippen LogP) is 2.68. The van der Waals surface area contributed by atoms with Gasteiger partial charge in [-0.15, -0.1) is 5.10 Å². The molecule has 0 aliphatic carbocycles. The monoisotopic (exact) mass is 251 g/mol. The highest BCUT2D eigenvalue weighted by Crippen LogP contribution is 2.25. The molecule has 0 radical (unpaired) electrons. The summed E-state index contributed by atoms with van der Waals surface area (Å²) in [6.07, 6.45) is 1.85. The van der Waals surface area contributed by atoms with Crippen molar-refractivity contribution in [3.63, 3.8) is 0 Å². The molecular weight excluding hydrogens is 237 g/mol. The number of rotatable bonds is 4. The zero-order chi connectivity index (χ0) is 12.3. The van der Waals surface area contributed by atoms with Crippen molar-refractivity contribution in [2.24, 2.45) is 5.73 Å². The minimum atomic E-state index is -0.341. The normalized spacial score (nSPS) is 12.6. The van der Waals surface area contributed by atoms with Crippen molar-refractivity contribution in [3.05, 3.63) is 46.2 Å². The Balaban J connectivity index is 2.30. The molecule has 1 unspecified atom stereocenters. The van der Waals surface area contributed by atoms with Crippen LogP contribution in [0.1, 0.15) is 35.5 Å². The summed E-state index contributed by atoms with van der Waals surface area (Å²) < 4.78 is 17.1. The van der Waals surface area contributed by atoms with Crippen LogP contribution >= 0.6 is 11.5 Å². The van der Waals surface area contributed by atoms with E-state index in [1.807, 2.05) is 6.07 Å². The molecule has 2 rings (SSSR count). The first-order valence-electron chi connectivity index (χ1n) is 5.54. The third-order valence-electron chi connectivity index (χ3n) is 2.56. The van der Waals surface area contributed by atoms with E-state index in [0.29, 0.717) is 0 Å². The zero-order valence-corrected chi connectivity index (χ0v) is 10.4. The largest absolute Gasteiger partial charge is 0.319 e. The van der Waals surface area contributed by atoms with Gasteiger partial charge in [0.1, 0.15) is 5.82 Å². The van der Waals surface area contributed by atoms with E-state index in [9.17, 15) is 4.39 Å². The van der Waals surface area contributed by atoms with Crippen LogP contribution < -0.4 is 5.73 Å². The summed E-state index contributed by atoms with van der Waals surface area (Å²) in [7, 11) is 0. The van der Waals surface area contributed by atoms with Crippen molar-refractivity contribution >= 4 is 11.5 Å². The predicted molar refractivity (Wildman–Crippen MR) is 66.3 cm³/mol. The molecule has 90 valence electrons. The van der Waals surface area contributed by atoms with Gasteiger partial charge in [0.15, 0.2) is 0 Å². The Bertz CT molecular complexity index is 498. The summed E-state index contributed by atoms with van der Waals surface area (Å²) >= 11 is 1.29. The average Bonchev–Trinajstić information content (AvgIpc) is 2.77. The molecule has 2 N–H and O–H groups in total. The van der Waals surface area contributed by atoms with Crippen LogP contribution in [0.3, 0.4) is 0 Å². The molecule has 2 aromatic rings. The van der Waals surface area contributed by atoms with Crippen LogP contribution in [0.15, 0.2) is 24.3 Å². The third kappa shape index (κ3) is 2.68. The topological polar surface area (TPSA) is 51.8 Å². The number of nitrogens with zero attached hydrogens (tertiary/aromatic N) is 2. The molecular formula is C12H14FN3S. The maximum atomic E-state index is 13.1. The lowest BCUT2D eigenvalue weighted by molar-refractivity contribution is 0.623. The van der Waals surface area contributed by atoms with Crippen molar-refractivity contribution < 1.29 is 4.39 Å². The van der Waals surface area contributed by atoms with Crippen LogP contribution in [0.2, 0.25) is 0 Å². The maximum absolute atomic E-state index is 13.1. The van der Waals surface area contributed by atoms with E-state index >= 15 is 0 Å². The Morgan fingerprint density at radius 2 is 2.29 bits per heavy atom. The first kappa shape index (κ1) is 12.1. The van der Waals surface area contributed by atoms with Gasteiger partial charge in [0.05, 0.1) is 16.6 Å². The number of hydrogen-bond donors (Lipinski definition) is 1. The Kier molecular flexibility index (Phi) is 3.81. The quantitative estimate of drug-likeness (QED) is 0.909. The van der Waals surface area contributed by atoms with Crippen LogP contribution in [0.25, 0.3) is 0 Å². The zero-order valence-electron chi connectivity index (χ0n) is 9.56. The number of benzene rings is 1. The summed E-state index contributed by atoms with van der Waals surface area (Å²) in [5.41, 5.74) is 7.81. The van der Waals surface area contributed by atoms with Gasteiger partial charge in [-0.05, 0) is 35.6 Å². The molecule has 0 amide bonds. The van der Waals surface area contributed by atoms with E-state index in [4.69, 9.17) is 5.73 Å². The van der Waals surface area contributed by atoms with E-state index in [2.05, 4.69) is 16.5 Å². The second kappa shape index (κ2) is 5.33. The summed E-state index contributed by atoms with van der Waals surface area (Å²) in [5, 5.41) is 4.07. The van der Waals surface area contributed by atoms with Crippen LogP contribution in [-0.4, -0.2) is 9.59 Å². The second-order valence-electron chi connectivity index (χ2n) is 3.87. The summed E-state index contributed by atoms with van der Waals surface area (Å²) in [6, 6.07) is 6.02. The number of hydrogen-bond acceptors (Lipinski definition) is 4. The molecule has 0 spiro atoms. The fraction of sp³-hybridized carbons (Fsp3) is 0.333. The molecule has 3 nitrogen and oxygen atoms in total. The Hall–Kier alpha value is -1.33. The fourth-order valence-electron chi connectivity index (χ4n) is 1.71. The fourth-order valence-corrected chi connectivity index (χ4v) is 2.44. The minimum Gasteiger partial charge on any atom is -0.319 e. The summed E-state index contributed by atoms with van der Waals surface area (Å²) in [6.45, 7) is 2.08. The summed E-state index contributed by atoms with van der Waals surface area (Å²) in [4.78, 5) is 0.928. The molecule has 0 aliphatic heterocycles. The van der Waals surface area contributed by atoms with Gasteiger partial charge in [-0.1, -0.05) is 30.0 Å². The number of nitrogens with two attached hydrogens (primary N) is 1. The van der Waals surface area contributed by atoms with Gasteiger partial charge in [0.25, 0.3) is 0 Å². The lowest BCUT2D eigenvalue weighted by Gasteiger charge is -2.10. The summed E-state index contributed by atoms with van der Waals surface area (Å²) in [5.74, 6) is -0.271. The van der Waals surface area contributed by atoms with E-state index in [-0.39, 0.29) is 11.9 Å². The van der Waals surface area contributed by atoms with Crippen LogP contribution in [-0.2, 0) is 6.42 Å². The first-order valence-corrected chi connectivity index (χ1v) is 6.32. The molecule has 0 fully saturated rings. The van der Waals surface area contributed by atoms with Crippen molar-refractivity contribution in [1.29, 1.82) is 0 Å². The number of aryl methyl sites for hydroxylation is 1. The molecule has 1 aromatic carbocycles. The maximum Gasteiger partial charge on any atom is 0.123 e. The highest BCUT2D eigenvalue weighted by atomic mass is 32.1. The van der Waals surface area contributed by atoms with Gasteiger partial charge in [0.2, 0.25) is 0 Å². The van der Waals surface area contributed by atoms with Gasteiger partial charge in [-0.3, -0.25) is 0 Å². The smallest absolute Gasteiger partial charge is 0.123 e. The molecule has 1 atom stereocenters. The van der Waals surface area contributed by atoms with Crippen molar-refractivity contribution in [2.45, 2.75) is 25.8 Å². The molecule has 0 saturated carbocycles. The Labute approximate surface area is 104 Å². The lowest BCUT2D eigenvalue weighted by atomic mass is 10.0. The molecule has 0 saturated heterocycles. The Morgan fingerprint density at radius 1 is 1.47 bits per heavy atom. The molecule has 1 heterocycles. The standard InChI is InChI=1S/C12H14FN3S/c1-2-4-10-12(17-16-15-10)11(14)8-5-3-6-9(13)7-8/h3,5-7,11H,2,4,14H2,1H3. The van der Waals surface area contributed by atoms with E-state index in [1.54, 1.807) is 6.07 Å². The minimum absolute atomic E-state index is 0.271. The van der Waals surface area contributed by atoms with E-state index in [1.165, 1.54) is 23.7 Å². The van der Waals surface area contributed by atoms with Crippen LogP contribution in [0.5, 0.6) is 0 Å². The molecule has 5 heteroatoms. The molecule has 0 bridgehead atoms. The average molecular weight is 251 g/mol. The molecule has 1 aromatic heterocycles. The van der Waals surface area contributed by atoms with Gasteiger partial charge in [-0.25, -0.2) is 4.39 Å². The number of halogens is 1. The first-order chi connectivity index (χ1) is 8.22. The van der Waals surface area contributed by atoms with E-state index < -0.39 is 0 Å². The van der Waals surface area contributed by atoms with Crippen LogP contribution in [0, 0.1) is 5.82 Å². The van der Waals surface area contributed by atoms with Gasteiger partial charge < -0.3 is 5.73 Å². The highest BCUT2D eigenvalue weighted by molar-refractivity contribution is 7.05. The SMILES string of the molecule is CCCc1nnsc1C(N)c1cccc(F)c1. The van der Waals surface area contributed by atoms with Crippen molar-refractivity contribution in [1.82, 2.24) is 9.59 Å². The molecule has 0 aliphatic rings. The molecule has 17 heavy (non-hydrogen) atoms. The van der Waals surface area contributed by atoms with E-state index in [0.717, 1.165) is 29.0 Å². The lowest BCUT2D eigenvalue weighted by Crippen LogP contribution is -2.12. The third-order valence-corrected chi connectivity index (χ3v) is 3.41. The van der Waals surface area contributed by atoms with Gasteiger partial charge in [0, 0.05) is 0 Å². The van der Waals surface area contributed by atoms with Crippen LogP contribution in [0.4, 0.5) is 4.39 Å². The van der Waals surface area contributed by atoms with Gasteiger partial charge >= 0.3 is 0 Å². The highest BCUT2D eigenvalue weighted by Gasteiger charge is 2.17.